The van der Waals surface area contributed by atoms with E-state index in [0.717, 1.165) is 49.2 Å². The van der Waals surface area contributed by atoms with Crippen LogP contribution in [0.4, 0.5) is 0 Å². The van der Waals surface area contributed by atoms with Gasteiger partial charge in [-0.3, -0.25) is 4.99 Å². The molecule has 2 atom stereocenters. The Kier molecular flexibility index (Phi) is 7.04. The molecule has 0 aliphatic carbocycles. The molecule has 5 nitrogen and oxygen atoms in total. The van der Waals surface area contributed by atoms with Crippen LogP contribution < -0.4 is 10.6 Å². The van der Waals surface area contributed by atoms with Gasteiger partial charge in [-0.1, -0.05) is 20.8 Å². The summed E-state index contributed by atoms with van der Waals surface area (Å²) in [7, 11) is 1.82. The second kappa shape index (κ2) is 8.81. The van der Waals surface area contributed by atoms with E-state index in [2.05, 4.69) is 46.8 Å². The highest BCUT2D eigenvalue weighted by Gasteiger charge is 2.35. The zero-order chi connectivity index (χ0) is 17.6. The number of rotatable bonds is 5. The lowest BCUT2D eigenvalue weighted by molar-refractivity contribution is -0.0835. The van der Waals surface area contributed by atoms with E-state index in [9.17, 15) is 0 Å². The summed E-state index contributed by atoms with van der Waals surface area (Å²) in [5, 5.41) is 10.1. The van der Waals surface area contributed by atoms with Crippen LogP contribution >= 0.6 is 11.3 Å². The number of nitrogens with one attached hydrogen (secondary N) is 2. The van der Waals surface area contributed by atoms with Crippen molar-refractivity contribution < 1.29 is 4.74 Å². The van der Waals surface area contributed by atoms with Crippen molar-refractivity contribution in [1.29, 1.82) is 0 Å². The summed E-state index contributed by atoms with van der Waals surface area (Å²) in [6, 6.07) is 0. The predicted molar refractivity (Wildman–Crippen MR) is 102 cm³/mol. The van der Waals surface area contributed by atoms with Gasteiger partial charge in [0.15, 0.2) is 5.96 Å². The number of hydrogen-bond acceptors (Lipinski definition) is 4. The molecule has 1 aliphatic rings. The van der Waals surface area contributed by atoms with Gasteiger partial charge in [-0.15, -0.1) is 11.3 Å². The largest absolute Gasteiger partial charge is 0.377 e. The monoisotopic (exact) mass is 352 g/mol. The molecule has 0 bridgehead atoms. The van der Waals surface area contributed by atoms with Crippen molar-refractivity contribution in [3.8, 4) is 0 Å². The van der Waals surface area contributed by atoms with Crippen molar-refractivity contribution in [2.75, 3.05) is 26.7 Å². The number of ether oxygens (including phenoxy) is 1. The predicted octanol–water partition coefficient (Wildman–Crippen LogP) is 3.00. The van der Waals surface area contributed by atoms with Crippen LogP contribution in [0.15, 0.2) is 10.4 Å². The SMILES string of the molecule is CN=C(NCCc1csc(C)n1)NCC1CCCOC1C(C)(C)C. The Morgan fingerprint density at radius 2 is 2.21 bits per heavy atom. The van der Waals surface area contributed by atoms with Crippen LogP contribution in [0.5, 0.6) is 0 Å². The summed E-state index contributed by atoms with van der Waals surface area (Å²) in [6.45, 7) is 11.5. The van der Waals surface area contributed by atoms with Gasteiger partial charge in [-0.05, 0) is 25.2 Å². The highest BCUT2D eigenvalue weighted by atomic mass is 32.1. The van der Waals surface area contributed by atoms with Gasteiger partial charge in [0.2, 0.25) is 0 Å². The Morgan fingerprint density at radius 1 is 1.42 bits per heavy atom. The number of aromatic nitrogens is 1. The van der Waals surface area contributed by atoms with Crippen molar-refractivity contribution in [2.24, 2.45) is 16.3 Å². The summed E-state index contributed by atoms with van der Waals surface area (Å²) in [4.78, 5) is 8.82. The molecule has 0 amide bonds. The molecule has 1 saturated heterocycles. The minimum absolute atomic E-state index is 0.173. The van der Waals surface area contributed by atoms with Crippen LogP contribution in [-0.4, -0.2) is 43.8 Å². The molecule has 0 aromatic carbocycles. The van der Waals surface area contributed by atoms with Crippen LogP contribution in [0.1, 0.15) is 44.3 Å². The molecule has 2 heterocycles. The number of aliphatic imine (C=N–C) groups is 1. The van der Waals surface area contributed by atoms with E-state index < -0.39 is 0 Å². The number of aryl methyl sites for hydroxylation is 1. The lowest BCUT2D eigenvalue weighted by Gasteiger charge is -2.40. The van der Waals surface area contributed by atoms with Crippen molar-refractivity contribution in [3.05, 3.63) is 16.1 Å². The minimum Gasteiger partial charge on any atom is -0.377 e. The zero-order valence-electron chi connectivity index (χ0n) is 15.7. The molecule has 0 radical (unpaired) electrons. The summed E-state index contributed by atoms with van der Waals surface area (Å²) >= 11 is 1.70. The number of thiazole rings is 1. The zero-order valence-corrected chi connectivity index (χ0v) is 16.5. The Bertz CT molecular complexity index is 535. The van der Waals surface area contributed by atoms with Crippen molar-refractivity contribution in [3.63, 3.8) is 0 Å². The molecule has 2 unspecified atom stereocenters. The maximum absolute atomic E-state index is 6.05. The van der Waals surface area contributed by atoms with Gasteiger partial charge in [-0.2, -0.15) is 0 Å². The molecule has 2 N–H and O–H groups in total. The third-order valence-electron chi connectivity index (χ3n) is 4.39. The van der Waals surface area contributed by atoms with Crippen LogP contribution in [0.2, 0.25) is 0 Å². The van der Waals surface area contributed by atoms with Crippen LogP contribution in [0, 0.1) is 18.3 Å². The molecule has 0 spiro atoms. The fourth-order valence-corrected chi connectivity index (χ4v) is 3.94. The van der Waals surface area contributed by atoms with E-state index in [4.69, 9.17) is 4.74 Å². The van der Waals surface area contributed by atoms with E-state index in [-0.39, 0.29) is 5.41 Å². The van der Waals surface area contributed by atoms with Crippen LogP contribution in [0.25, 0.3) is 0 Å². The van der Waals surface area contributed by atoms with E-state index >= 15 is 0 Å². The lowest BCUT2D eigenvalue weighted by atomic mass is 9.78. The highest BCUT2D eigenvalue weighted by Crippen LogP contribution is 2.33. The molecule has 1 aromatic heterocycles. The van der Waals surface area contributed by atoms with Gasteiger partial charge in [0, 0.05) is 44.5 Å². The van der Waals surface area contributed by atoms with Gasteiger partial charge < -0.3 is 15.4 Å². The van der Waals surface area contributed by atoms with Crippen LogP contribution in [-0.2, 0) is 11.2 Å². The van der Waals surface area contributed by atoms with Gasteiger partial charge in [0.1, 0.15) is 0 Å². The van der Waals surface area contributed by atoms with Crippen molar-refractivity contribution >= 4 is 17.3 Å². The van der Waals surface area contributed by atoms with Gasteiger partial charge in [0.25, 0.3) is 0 Å². The molecule has 2 rings (SSSR count). The van der Waals surface area contributed by atoms with E-state index in [1.54, 1.807) is 11.3 Å². The maximum Gasteiger partial charge on any atom is 0.191 e. The van der Waals surface area contributed by atoms with Crippen molar-refractivity contribution in [2.45, 2.75) is 53.1 Å². The first-order chi connectivity index (χ1) is 11.4. The number of hydrogen-bond donors (Lipinski definition) is 2. The van der Waals surface area contributed by atoms with Gasteiger partial charge in [0.05, 0.1) is 16.8 Å². The molecule has 1 aromatic rings. The highest BCUT2D eigenvalue weighted by molar-refractivity contribution is 7.09. The fourth-order valence-electron chi connectivity index (χ4n) is 3.29. The normalized spacial score (nSPS) is 22.5. The van der Waals surface area contributed by atoms with E-state index in [0.29, 0.717) is 12.0 Å². The summed E-state index contributed by atoms with van der Waals surface area (Å²) < 4.78 is 6.05. The van der Waals surface area contributed by atoms with Gasteiger partial charge in [-0.25, -0.2) is 4.98 Å². The topological polar surface area (TPSA) is 58.5 Å². The lowest BCUT2D eigenvalue weighted by Crippen LogP contribution is -2.47. The molecule has 0 saturated carbocycles. The van der Waals surface area contributed by atoms with E-state index in [1.165, 1.54) is 6.42 Å². The van der Waals surface area contributed by atoms with Gasteiger partial charge >= 0.3 is 0 Å². The Balaban J connectivity index is 1.77. The average Bonchev–Trinajstić information content (AvgIpc) is 2.95. The summed E-state index contributed by atoms with van der Waals surface area (Å²) in [6.07, 6.45) is 3.58. The summed E-state index contributed by atoms with van der Waals surface area (Å²) in [5.74, 6) is 1.39. The quantitative estimate of drug-likeness (QED) is 0.632. The Labute approximate surface area is 150 Å². The standard InChI is InChI=1S/C18H32N4OS/c1-13-22-15(12-24-13)8-9-20-17(19-5)21-11-14-7-6-10-23-16(14)18(2,3)4/h12,14,16H,6-11H2,1-5H3,(H2,19,20,21). The second-order valence-corrected chi connectivity index (χ2v) is 8.61. The average molecular weight is 353 g/mol. The third-order valence-corrected chi connectivity index (χ3v) is 5.22. The second-order valence-electron chi connectivity index (χ2n) is 7.55. The number of guanidine groups is 1. The molecular weight excluding hydrogens is 320 g/mol. The smallest absolute Gasteiger partial charge is 0.191 e. The Hall–Kier alpha value is -1.14. The molecular formula is C18H32N4OS. The molecule has 6 heteroatoms. The molecule has 1 aliphatic heterocycles. The summed E-state index contributed by atoms with van der Waals surface area (Å²) in [5.41, 5.74) is 1.32. The first-order valence-corrected chi connectivity index (χ1v) is 9.75. The Morgan fingerprint density at radius 3 is 2.83 bits per heavy atom. The fraction of sp³-hybridized carbons (Fsp3) is 0.778. The number of nitrogens with zero attached hydrogens (tertiary/aromatic N) is 2. The maximum atomic E-state index is 6.05. The van der Waals surface area contributed by atoms with E-state index in [1.807, 2.05) is 14.0 Å². The molecule has 24 heavy (non-hydrogen) atoms. The molecule has 136 valence electrons. The van der Waals surface area contributed by atoms with Crippen molar-refractivity contribution in [1.82, 2.24) is 15.6 Å². The minimum atomic E-state index is 0.173. The first kappa shape index (κ1) is 19.2. The molecule has 1 fully saturated rings. The third kappa shape index (κ3) is 5.74. The van der Waals surface area contributed by atoms with Crippen LogP contribution in [0.3, 0.4) is 0 Å². The first-order valence-electron chi connectivity index (χ1n) is 8.87.